The molecule has 0 spiro atoms. The van der Waals surface area contributed by atoms with Gasteiger partial charge in [-0.05, 0) is 24.6 Å². The Morgan fingerprint density at radius 2 is 2.00 bits per heavy atom. The molecule has 0 saturated heterocycles. The molecule has 1 aromatic rings. The number of rotatable bonds is 5. The topological polar surface area (TPSA) is 35.5 Å². The van der Waals surface area contributed by atoms with Gasteiger partial charge in [0.1, 0.15) is 19.4 Å². The molecule has 4 heteroatoms. The lowest BCUT2D eigenvalue weighted by Crippen LogP contribution is -2.16. The highest BCUT2D eigenvalue weighted by atomic mass is 28.3. The van der Waals surface area contributed by atoms with Crippen LogP contribution in [0.5, 0.6) is 5.75 Å². The van der Waals surface area contributed by atoms with Crippen molar-refractivity contribution in [2.75, 3.05) is 13.7 Å². The maximum Gasteiger partial charge on any atom is 0.341 e. The summed E-state index contributed by atoms with van der Waals surface area (Å²) in [7, 11) is -0.0523. The average Bonchev–Trinajstić information content (AvgIpc) is 2.44. The molecule has 0 unspecified atom stereocenters. The zero-order chi connectivity index (χ0) is 15.9. The predicted molar refractivity (Wildman–Crippen MR) is 88.4 cm³/mol. The number of unbranched alkanes of at least 4 members (excludes halogenated alkanes) is 1. The van der Waals surface area contributed by atoms with Crippen LogP contribution < -0.4 is 4.74 Å². The van der Waals surface area contributed by atoms with Crippen molar-refractivity contribution in [1.82, 2.24) is 0 Å². The molecule has 0 aliphatic rings. The van der Waals surface area contributed by atoms with E-state index in [-0.39, 0.29) is 5.97 Å². The smallest absolute Gasteiger partial charge is 0.341 e. The van der Waals surface area contributed by atoms with Crippen LogP contribution in [-0.2, 0) is 4.74 Å². The number of carbonyl (C=O) groups is 1. The minimum Gasteiger partial charge on any atom is -0.493 e. The van der Waals surface area contributed by atoms with E-state index in [0.29, 0.717) is 17.9 Å². The number of methoxy groups -OCH3 is 1. The van der Waals surface area contributed by atoms with E-state index in [9.17, 15) is 4.79 Å². The number of hydrogen-bond donors (Lipinski definition) is 0. The van der Waals surface area contributed by atoms with Crippen molar-refractivity contribution >= 4 is 14.0 Å². The van der Waals surface area contributed by atoms with E-state index in [1.165, 1.54) is 7.11 Å². The normalized spacial score (nSPS) is 10.5. The van der Waals surface area contributed by atoms with Crippen LogP contribution in [0.3, 0.4) is 0 Å². The van der Waals surface area contributed by atoms with Crippen LogP contribution in [0.15, 0.2) is 18.2 Å². The molecule has 0 heterocycles. The molecule has 1 aromatic carbocycles. The van der Waals surface area contributed by atoms with Crippen molar-refractivity contribution in [3.05, 3.63) is 29.3 Å². The summed E-state index contributed by atoms with van der Waals surface area (Å²) in [5.74, 6) is 3.35. The molecule has 0 atom stereocenters. The van der Waals surface area contributed by atoms with E-state index in [2.05, 4.69) is 38.0 Å². The van der Waals surface area contributed by atoms with Crippen LogP contribution in [-0.4, -0.2) is 27.8 Å². The van der Waals surface area contributed by atoms with Gasteiger partial charge in [0.05, 0.1) is 13.7 Å². The molecule has 1 rings (SSSR count). The van der Waals surface area contributed by atoms with Gasteiger partial charge in [0.15, 0.2) is 0 Å². The van der Waals surface area contributed by atoms with Crippen LogP contribution in [0.1, 0.15) is 35.7 Å². The first-order chi connectivity index (χ1) is 9.87. The zero-order valence-corrected chi connectivity index (χ0v) is 14.6. The fourth-order valence-corrected chi connectivity index (χ4v) is 2.10. The Hall–Kier alpha value is -1.73. The van der Waals surface area contributed by atoms with E-state index >= 15 is 0 Å². The van der Waals surface area contributed by atoms with Crippen LogP contribution in [0.25, 0.3) is 0 Å². The van der Waals surface area contributed by atoms with Crippen molar-refractivity contribution in [2.24, 2.45) is 0 Å². The molecule has 0 aromatic heterocycles. The minimum atomic E-state index is -1.42. The van der Waals surface area contributed by atoms with Gasteiger partial charge in [0.2, 0.25) is 0 Å². The standard InChI is InChI=1S/C17H24O3Si/c1-6-7-11-20-16-13-14(10-12-21(3,4)5)8-9-15(16)17(18)19-2/h8-9,13H,6-7,11H2,1-5H3. The molecule has 0 saturated carbocycles. The monoisotopic (exact) mass is 304 g/mol. The molecule has 0 radical (unpaired) electrons. The molecule has 0 amide bonds. The van der Waals surface area contributed by atoms with E-state index in [1.807, 2.05) is 12.1 Å². The number of hydrogen-bond acceptors (Lipinski definition) is 3. The highest BCUT2D eigenvalue weighted by Crippen LogP contribution is 2.21. The van der Waals surface area contributed by atoms with Gasteiger partial charge in [0, 0.05) is 5.56 Å². The molecule has 21 heavy (non-hydrogen) atoms. The molecule has 0 N–H and O–H groups in total. The Morgan fingerprint density at radius 1 is 1.29 bits per heavy atom. The Labute approximate surface area is 128 Å². The van der Waals surface area contributed by atoms with Gasteiger partial charge < -0.3 is 9.47 Å². The number of esters is 1. The molecule has 0 fully saturated rings. The van der Waals surface area contributed by atoms with Gasteiger partial charge in [-0.2, -0.15) is 0 Å². The van der Waals surface area contributed by atoms with Gasteiger partial charge in [-0.3, -0.25) is 0 Å². The quantitative estimate of drug-likeness (QED) is 0.358. The van der Waals surface area contributed by atoms with Gasteiger partial charge >= 0.3 is 5.97 Å². The average molecular weight is 304 g/mol. The maximum atomic E-state index is 11.8. The fourth-order valence-electron chi connectivity index (χ4n) is 1.58. The Bertz CT molecular complexity index is 547. The van der Waals surface area contributed by atoms with Crippen molar-refractivity contribution in [3.8, 4) is 17.2 Å². The van der Waals surface area contributed by atoms with Crippen LogP contribution in [0, 0.1) is 11.5 Å². The lowest BCUT2D eigenvalue weighted by Gasteiger charge is -2.10. The van der Waals surface area contributed by atoms with E-state index in [1.54, 1.807) is 6.07 Å². The first-order valence-corrected chi connectivity index (χ1v) is 10.8. The largest absolute Gasteiger partial charge is 0.493 e. The van der Waals surface area contributed by atoms with Gasteiger partial charge in [0.25, 0.3) is 0 Å². The molecule has 3 nitrogen and oxygen atoms in total. The van der Waals surface area contributed by atoms with Crippen molar-refractivity contribution in [2.45, 2.75) is 39.4 Å². The first kappa shape index (κ1) is 17.3. The molecule has 114 valence electrons. The van der Waals surface area contributed by atoms with Crippen LogP contribution in [0.4, 0.5) is 0 Å². The summed E-state index contributed by atoms with van der Waals surface area (Å²) in [6.45, 7) is 9.27. The third-order valence-corrected chi connectivity index (χ3v) is 3.60. The molecule has 0 aliphatic carbocycles. The highest BCUT2D eigenvalue weighted by molar-refractivity contribution is 6.83. The second kappa shape index (κ2) is 7.89. The van der Waals surface area contributed by atoms with E-state index in [0.717, 1.165) is 18.4 Å². The van der Waals surface area contributed by atoms with Crippen molar-refractivity contribution in [3.63, 3.8) is 0 Å². The Kier molecular flexibility index (Phi) is 6.51. The SMILES string of the molecule is CCCCOc1cc(C#C[Si](C)(C)C)ccc1C(=O)OC. The van der Waals surface area contributed by atoms with Crippen molar-refractivity contribution < 1.29 is 14.3 Å². The first-order valence-electron chi connectivity index (χ1n) is 7.25. The van der Waals surface area contributed by atoms with Gasteiger partial charge in [-0.1, -0.05) is 38.9 Å². The Morgan fingerprint density at radius 3 is 2.57 bits per heavy atom. The van der Waals surface area contributed by atoms with Gasteiger partial charge in [-0.15, -0.1) is 5.54 Å². The summed E-state index contributed by atoms with van der Waals surface area (Å²) in [4.78, 5) is 11.8. The minimum absolute atomic E-state index is 0.383. The number of carbonyl (C=O) groups excluding carboxylic acids is 1. The summed E-state index contributed by atoms with van der Waals surface area (Å²) < 4.78 is 10.5. The summed E-state index contributed by atoms with van der Waals surface area (Å²) in [5, 5.41) is 0. The number of ether oxygens (including phenoxy) is 2. The lowest BCUT2D eigenvalue weighted by atomic mass is 10.1. The van der Waals surface area contributed by atoms with Crippen molar-refractivity contribution in [1.29, 1.82) is 0 Å². The molecular weight excluding hydrogens is 280 g/mol. The molecule has 0 aliphatic heterocycles. The predicted octanol–water partition coefficient (Wildman–Crippen LogP) is 3.88. The van der Waals surface area contributed by atoms with Crippen LogP contribution in [0.2, 0.25) is 19.6 Å². The number of benzene rings is 1. The van der Waals surface area contributed by atoms with E-state index < -0.39 is 8.07 Å². The molecular formula is C17H24O3Si. The maximum absolute atomic E-state index is 11.8. The summed E-state index contributed by atoms with van der Waals surface area (Å²) >= 11 is 0. The van der Waals surface area contributed by atoms with E-state index in [4.69, 9.17) is 9.47 Å². The third-order valence-electron chi connectivity index (χ3n) is 2.72. The fraction of sp³-hybridized carbons (Fsp3) is 0.471. The highest BCUT2D eigenvalue weighted by Gasteiger charge is 2.14. The second-order valence-electron chi connectivity index (χ2n) is 5.90. The molecule has 0 bridgehead atoms. The summed E-state index contributed by atoms with van der Waals surface area (Å²) in [5.41, 5.74) is 4.64. The lowest BCUT2D eigenvalue weighted by molar-refractivity contribution is 0.0596. The Balaban J connectivity index is 3.07. The zero-order valence-electron chi connectivity index (χ0n) is 13.6. The van der Waals surface area contributed by atoms with Gasteiger partial charge in [-0.25, -0.2) is 4.79 Å². The van der Waals surface area contributed by atoms with Crippen LogP contribution >= 0.6 is 0 Å². The summed E-state index contributed by atoms with van der Waals surface area (Å²) in [6, 6.07) is 5.39. The second-order valence-corrected chi connectivity index (χ2v) is 10.7. The third kappa shape index (κ3) is 6.05. The summed E-state index contributed by atoms with van der Waals surface area (Å²) in [6.07, 6.45) is 1.99.